The number of anilines is 1. The molecule has 0 spiro atoms. The first kappa shape index (κ1) is 29.6. The Morgan fingerprint density at radius 2 is 1.62 bits per heavy atom. The Balaban J connectivity index is 1.54. The summed E-state index contributed by atoms with van der Waals surface area (Å²) >= 11 is 1.50. The lowest BCUT2D eigenvalue weighted by Gasteiger charge is -2.27. The van der Waals surface area contributed by atoms with Crippen molar-refractivity contribution >= 4 is 42.6 Å². The van der Waals surface area contributed by atoms with Gasteiger partial charge in [-0.1, -0.05) is 50.2 Å². The third kappa shape index (κ3) is 7.64. The minimum atomic E-state index is -3.62. The fraction of sp³-hybridized carbons (Fsp3) is 0.517. The number of amides is 1. The molecule has 2 aromatic carbocycles. The molecule has 0 saturated carbocycles. The van der Waals surface area contributed by atoms with Crippen LogP contribution < -0.4 is 4.90 Å². The molecule has 0 bridgehead atoms. The van der Waals surface area contributed by atoms with Gasteiger partial charge in [-0.2, -0.15) is 4.31 Å². The normalized spacial score (nSPS) is 14.7. The lowest BCUT2D eigenvalue weighted by atomic mass is 10.2. The molecule has 39 heavy (non-hydrogen) atoms. The fourth-order valence-electron chi connectivity index (χ4n) is 4.63. The summed E-state index contributed by atoms with van der Waals surface area (Å²) in [6, 6.07) is 14.3. The summed E-state index contributed by atoms with van der Waals surface area (Å²) in [4.78, 5) is 22.9. The van der Waals surface area contributed by atoms with Gasteiger partial charge in [0.15, 0.2) is 5.13 Å². The predicted molar refractivity (Wildman–Crippen MR) is 158 cm³/mol. The molecule has 1 aliphatic heterocycles. The fourth-order valence-corrected chi connectivity index (χ4v) is 7.14. The van der Waals surface area contributed by atoms with Gasteiger partial charge in [0, 0.05) is 44.8 Å². The van der Waals surface area contributed by atoms with Gasteiger partial charge in [-0.05, 0) is 55.7 Å². The van der Waals surface area contributed by atoms with Crippen LogP contribution in [0.3, 0.4) is 0 Å². The van der Waals surface area contributed by atoms with Crippen molar-refractivity contribution in [2.24, 2.45) is 0 Å². The number of hydrogen-bond donors (Lipinski definition) is 0. The van der Waals surface area contributed by atoms with Crippen LogP contribution in [-0.2, 0) is 14.8 Å². The van der Waals surface area contributed by atoms with Gasteiger partial charge in [-0.15, -0.1) is 0 Å². The number of nitrogens with zero attached hydrogens (tertiary/aromatic N) is 4. The largest absolute Gasteiger partial charge is 0.379 e. The number of ether oxygens (including phenoxy) is 1. The zero-order chi connectivity index (χ0) is 27.7. The number of fused-ring (bicyclic) bond motifs is 1. The molecule has 3 aromatic rings. The van der Waals surface area contributed by atoms with Crippen molar-refractivity contribution in [1.29, 1.82) is 0 Å². The number of thiazole rings is 1. The van der Waals surface area contributed by atoms with Gasteiger partial charge in [0.1, 0.15) is 0 Å². The van der Waals surface area contributed by atoms with Crippen LogP contribution >= 0.6 is 11.3 Å². The smallest absolute Gasteiger partial charge is 0.260 e. The van der Waals surface area contributed by atoms with Crippen LogP contribution in [0, 0.1) is 0 Å². The molecule has 0 radical (unpaired) electrons. The summed E-state index contributed by atoms with van der Waals surface area (Å²) in [7, 11) is -3.62. The Morgan fingerprint density at radius 1 is 0.949 bits per heavy atom. The predicted octanol–water partition coefficient (Wildman–Crippen LogP) is 5.26. The van der Waals surface area contributed by atoms with Crippen molar-refractivity contribution in [2.45, 2.75) is 50.8 Å². The molecule has 2 heterocycles. The molecule has 0 atom stereocenters. The highest BCUT2D eigenvalue weighted by Gasteiger charge is 2.26. The van der Waals surface area contributed by atoms with E-state index in [0.29, 0.717) is 30.3 Å². The van der Waals surface area contributed by atoms with Crippen molar-refractivity contribution < 1.29 is 17.9 Å². The summed E-state index contributed by atoms with van der Waals surface area (Å²) in [5.74, 6) is -0.172. The van der Waals surface area contributed by atoms with Crippen molar-refractivity contribution in [1.82, 2.24) is 14.2 Å². The second kappa shape index (κ2) is 14.3. The van der Waals surface area contributed by atoms with E-state index in [1.807, 2.05) is 24.3 Å². The molecule has 4 rings (SSSR count). The van der Waals surface area contributed by atoms with E-state index in [9.17, 15) is 13.2 Å². The van der Waals surface area contributed by atoms with Crippen molar-refractivity contribution in [2.75, 3.05) is 57.4 Å². The minimum Gasteiger partial charge on any atom is -0.379 e. The van der Waals surface area contributed by atoms with Crippen LogP contribution in [0.1, 0.15) is 56.3 Å². The maximum absolute atomic E-state index is 13.8. The maximum atomic E-state index is 13.8. The first-order chi connectivity index (χ1) is 18.9. The molecule has 8 nitrogen and oxygen atoms in total. The van der Waals surface area contributed by atoms with Crippen molar-refractivity contribution in [3.8, 4) is 0 Å². The first-order valence-electron chi connectivity index (χ1n) is 14.0. The number of benzene rings is 2. The molecule has 1 amide bonds. The van der Waals surface area contributed by atoms with Gasteiger partial charge >= 0.3 is 0 Å². The summed E-state index contributed by atoms with van der Waals surface area (Å²) in [5.41, 5.74) is 1.32. The molecule has 0 N–H and O–H groups in total. The van der Waals surface area contributed by atoms with E-state index in [4.69, 9.17) is 9.72 Å². The summed E-state index contributed by atoms with van der Waals surface area (Å²) in [5, 5.41) is 0.658. The number of morpholine rings is 1. The molecule has 0 aliphatic carbocycles. The Morgan fingerprint density at radius 3 is 2.26 bits per heavy atom. The number of carbonyl (C=O) groups excluding carboxylic acids is 1. The van der Waals surface area contributed by atoms with Gasteiger partial charge < -0.3 is 4.74 Å². The van der Waals surface area contributed by atoms with Crippen LogP contribution in [0.5, 0.6) is 0 Å². The second-order valence-electron chi connectivity index (χ2n) is 9.86. The van der Waals surface area contributed by atoms with Crippen LogP contribution in [0.15, 0.2) is 53.4 Å². The Kier molecular flexibility index (Phi) is 10.9. The monoisotopic (exact) mass is 572 g/mol. The highest BCUT2D eigenvalue weighted by atomic mass is 32.2. The molecule has 10 heteroatoms. The third-order valence-electron chi connectivity index (χ3n) is 6.98. The van der Waals surface area contributed by atoms with Crippen molar-refractivity contribution in [3.05, 3.63) is 54.1 Å². The van der Waals surface area contributed by atoms with Gasteiger partial charge in [0.25, 0.3) is 5.91 Å². The lowest BCUT2D eigenvalue weighted by molar-refractivity contribution is 0.0376. The number of hydrogen-bond acceptors (Lipinski definition) is 7. The van der Waals surface area contributed by atoms with Crippen molar-refractivity contribution in [3.63, 3.8) is 0 Å². The zero-order valence-electron chi connectivity index (χ0n) is 23.0. The molecular formula is C29H40N4O4S2. The number of para-hydroxylation sites is 1. The van der Waals surface area contributed by atoms with Gasteiger partial charge in [0.05, 0.1) is 28.3 Å². The average Bonchev–Trinajstić information content (AvgIpc) is 3.39. The van der Waals surface area contributed by atoms with Crippen LogP contribution in [0.2, 0.25) is 0 Å². The van der Waals surface area contributed by atoms with Gasteiger partial charge in [-0.25, -0.2) is 13.4 Å². The number of rotatable bonds is 14. The second-order valence-corrected chi connectivity index (χ2v) is 12.8. The van der Waals surface area contributed by atoms with E-state index >= 15 is 0 Å². The molecule has 1 saturated heterocycles. The number of sulfonamides is 1. The molecule has 1 fully saturated rings. The third-order valence-corrected chi connectivity index (χ3v) is 9.95. The Labute approximate surface area is 236 Å². The van der Waals surface area contributed by atoms with E-state index in [2.05, 4.69) is 18.7 Å². The minimum absolute atomic E-state index is 0.172. The standard InChI is InChI=1S/C29H40N4O4S2/c1-3-5-17-32(18-6-4-2)39(35,36)25-14-12-24(13-15-25)28(34)33(19-9-16-31-20-22-37-23-21-31)29-30-26-10-7-8-11-27(26)38-29/h7-8,10-15H,3-6,9,16-23H2,1-2H3. The molecule has 1 aliphatic rings. The van der Waals surface area contributed by atoms with Crippen LogP contribution in [0.25, 0.3) is 10.2 Å². The average molecular weight is 573 g/mol. The lowest BCUT2D eigenvalue weighted by Crippen LogP contribution is -2.39. The molecule has 1 aromatic heterocycles. The van der Waals surface area contributed by atoms with Gasteiger partial charge in [0.2, 0.25) is 10.0 Å². The first-order valence-corrected chi connectivity index (χ1v) is 16.3. The molecular weight excluding hydrogens is 532 g/mol. The summed E-state index contributed by atoms with van der Waals surface area (Å²) in [6.45, 7) is 9.82. The van der Waals surface area contributed by atoms with Gasteiger partial charge in [-0.3, -0.25) is 14.6 Å². The number of unbranched alkanes of at least 4 members (excludes halogenated alkanes) is 2. The molecule has 0 unspecified atom stereocenters. The number of aromatic nitrogens is 1. The Hall–Kier alpha value is -2.37. The van der Waals surface area contributed by atoms with E-state index in [1.165, 1.54) is 11.3 Å². The summed E-state index contributed by atoms with van der Waals surface area (Å²) in [6.07, 6.45) is 4.30. The highest BCUT2D eigenvalue weighted by molar-refractivity contribution is 7.89. The zero-order valence-corrected chi connectivity index (χ0v) is 24.7. The van der Waals surface area contributed by atoms with Crippen LogP contribution in [-0.4, -0.2) is 81.0 Å². The quantitative estimate of drug-likeness (QED) is 0.262. The SMILES string of the molecule is CCCCN(CCCC)S(=O)(=O)c1ccc(C(=O)N(CCCN2CCOCC2)c2nc3ccccc3s2)cc1. The summed E-state index contributed by atoms with van der Waals surface area (Å²) < 4.78 is 34.8. The topological polar surface area (TPSA) is 83.1 Å². The van der Waals surface area contributed by atoms with E-state index in [0.717, 1.165) is 75.2 Å². The molecule has 212 valence electrons. The van der Waals surface area contributed by atoms with E-state index in [-0.39, 0.29) is 10.8 Å². The highest BCUT2D eigenvalue weighted by Crippen LogP contribution is 2.30. The number of carbonyl (C=O) groups is 1. The van der Waals surface area contributed by atoms with E-state index < -0.39 is 10.0 Å². The Bertz CT molecular complexity index is 1260. The van der Waals surface area contributed by atoms with Crippen LogP contribution in [0.4, 0.5) is 5.13 Å². The van der Waals surface area contributed by atoms with E-state index in [1.54, 1.807) is 33.5 Å². The maximum Gasteiger partial charge on any atom is 0.260 e.